The van der Waals surface area contributed by atoms with Gasteiger partial charge in [0.15, 0.2) is 0 Å². The van der Waals surface area contributed by atoms with E-state index in [1.807, 2.05) is 6.92 Å². The molecular weight excluding hydrogens is 546 g/mol. The Kier molecular flexibility index (Phi) is 10.1. The minimum atomic E-state index is -3.65. The first kappa shape index (κ1) is 30.4. The Morgan fingerprint density at radius 1 is 0.881 bits per heavy atom. The minimum Gasteiger partial charge on any atom is -0.494 e. The number of fused-ring (bicyclic) bond motifs is 2. The fourth-order valence-electron chi connectivity index (χ4n) is 6.39. The maximum absolute atomic E-state index is 13.2. The monoisotopic (exact) mass is 591 g/mol. The summed E-state index contributed by atoms with van der Waals surface area (Å²) in [7, 11) is -3.65. The third-order valence-electron chi connectivity index (χ3n) is 8.75. The maximum atomic E-state index is 13.2. The van der Waals surface area contributed by atoms with Crippen LogP contribution in [-0.4, -0.2) is 32.5 Å². The highest BCUT2D eigenvalue weighted by atomic mass is 32.2. The van der Waals surface area contributed by atoms with Gasteiger partial charge in [-0.2, -0.15) is 0 Å². The highest BCUT2D eigenvalue weighted by Gasteiger charge is 2.37. The molecule has 1 saturated carbocycles. The van der Waals surface area contributed by atoms with Crippen molar-refractivity contribution < 1.29 is 17.9 Å². The van der Waals surface area contributed by atoms with Crippen LogP contribution in [0.2, 0.25) is 0 Å². The Balaban J connectivity index is 1.23. The summed E-state index contributed by atoms with van der Waals surface area (Å²) in [6.45, 7) is 3.86. The molecular formula is C34H45N3O4S. The summed E-state index contributed by atoms with van der Waals surface area (Å²) >= 11 is 0. The van der Waals surface area contributed by atoms with Gasteiger partial charge < -0.3 is 20.4 Å². The molecule has 1 aromatic heterocycles. The summed E-state index contributed by atoms with van der Waals surface area (Å²) in [6.07, 6.45) is 14.3. The number of carbonyl (C=O) groups is 1. The lowest BCUT2D eigenvalue weighted by Crippen LogP contribution is -2.47. The molecule has 5 rings (SSSR count). The van der Waals surface area contributed by atoms with Gasteiger partial charge in [-0.15, -0.1) is 0 Å². The van der Waals surface area contributed by atoms with Crippen molar-refractivity contribution >= 4 is 15.7 Å². The number of sulfone groups is 1. The molecule has 0 unspecified atom stereocenters. The summed E-state index contributed by atoms with van der Waals surface area (Å²) in [4.78, 5) is 17.1. The second-order valence-electron chi connectivity index (χ2n) is 11.8. The number of nitrogens with one attached hydrogen (secondary N) is 3. The largest absolute Gasteiger partial charge is 0.494 e. The van der Waals surface area contributed by atoms with Gasteiger partial charge >= 0.3 is 0 Å². The first-order valence-corrected chi connectivity index (χ1v) is 17.2. The Morgan fingerprint density at radius 3 is 2.10 bits per heavy atom. The van der Waals surface area contributed by atoms with E-state index in [9.17, 15) is 13.2 Å². The Hall–Kier alpha value is -3.10. The van der Waals surface area contributed by atoms with Gasteiger partial charge in [-0.25, -0.2) is 8.42 Å². The molecule has 3 aromatic rings. The molecule has 0 bridgehead atoms. The van der Waals surface area contributed by atoms with Crippen LogP contribution in [0.25, 0.3) is 0 Å². The van der Waals surface area contributed by atoms with E-state index in [0.29, 0.717) is 24.6 Å². The molecule has 1 spiro atoms. The number of amides is 1. The number of ether oxygens (including phenoxy) is 1. The Morgan fingerprint density at radius 2 is 1.48 bits per heavy atom. The second kappa shape index (κ2) is 13.9. The average molecular weight is 592 g/mol. The van der Waals surface area contributed by atoms with Crippen LogP contribution in [0, 0.1) is 0 Å². The molecule has 2 aliphatic rings. The lowest BCUT2D eigenvalue weighted by atomic mass is 9.78. The van der Waals surface area contributed by atoms with Gasteiger partial charge in [-0.3, -0.25) is 4.79 Å². The molecule has 226 valence electrons. The normalized spacial score (nSPS) is 17.6. The number of aromatic nitrogens is 1. The number of rotatable bonds is 8. The van der Waals surface area contributed by atoms with Crippen molar-refractivity contribution in [2.45, 2.75) is 106 Å². The number of hydrogen-bond acceptors (Lipinski definition) is 5. The van der Waals surface area contributed by atoms with E-state index in [1.54, 1.807) is 48.5 Å². The maximum Gasteiger partial charge on any atom is 0.267 e. The van der Waals surface area contributed by atoms with Gasteiger partial charge in [-0.1, -0.05) is 70.4 Å². The van der Waals surface area contributed by atoms with Crippen LogP contribution in [0.5, 0.6) is 5.75 Å². The smallest absolute Gasteiger partial charge is 0.267 e. The second-order valence-corrected chi connectivity index (χ2v) is 13.8. The molecule has 3 N–H and O–H groups in total. The molecule has 2 heterocycles. The van der Waals surface area contributed by atoms with Crippen LogP contribution in [0.1, 0.15) is 105 Å². The number of aromatic amines is 1. The van der Waals surface area contributed by atoms with Crippen LogP contribution in [-0.2, 0) is 28.3 Å². The summed E-state index contributed by atoms with van der Waals surface area (Å²) in [5.74, 6) is 0.514. The van der Waals surface area contributed by atoms with E-state index in [4.69, 9.17) is 4.74 Å². The molecule has 1 aliphatic carbocycles. The molecule has 8 heteroatoms. The van der Waals surface area contributed by atoms with Gasteiger partial charge in [0, 0.05) is 30.7 Å². The highest BCUT2D eigenvalue weighted by molar-refractivity contribution is 7.91. The number of benzene rings is 2. The van der Waals surface area contributed by atoms with Crippen LogP contribution in [0.4, 0.5) is 0 Å². The van der Waals surface area contributed by atoms with E-state index in [-0.39, 0.29) is 21.2 Å². The summed E-state index contributed by atoms with van der Waals surface area (Å²) in [5.41, 5.74) is 3.86. The van der Waals surface area contributed by atoms with E-state index in [2.05, 4.69) is 21.7 Å². The minimum absolute atomic E-state index is 0.0445. The molecule has 1 amide bonds. The Labute approximate surface area is 250 Å². The van der Waals surface area contributed by atoms with E-state index in [0.717, 1.165) is 37.8 Å². The van der Waals surface area contributed by atoms with Crippen LogP contribution >= 0.6 is 0 Å². The first-order chi connectivity index (χ1) is 20.4. The lowest BCUT2D eigenvalue weighted by molar-refractivity contribution is 0.0946. The van der Waals surface area contributed by atoms with Gasteiger partial charge in [0.2, 0.25) is 9.84 Å². The third kappa shape index (κ3) is 7.09. The fourth-order valence-corrected chi connectivity index (χ4v) is 7.65. The number of H-pyrrole nitrogens is 1. The molecule has 0 radical (unpaired) electrons. The summed E-state index contributed by atoms with van der Waals surface area (Å²) in [5, 5.41) is 6.89. The first-order valence-electron chi connectivity index (χ1n) is 15.7. The van der Waals surface area contributed by atoms with Gasteiger partial charge in [0.25, 0.3) is 5.91 Å². The molecule has 7 nitrogen and oxygen atoms in total. The van der Waals surface area contributed by atoms with Gasteiger partial charge in [-0.05, 0) is 72.9 Å². The van der Waals surface area contributed by atoms with Crippen molar-refractivity contribution in [1.82, 2.24) is 15.6 Å². The lowest BCUT2D eigenvalue weighted by Gasteiger charge is -2.39. The molecule has 1 fully saturated rings. The SMILES string of the molecule is CCCOc1ccc(S(=O)(=O)c2ccc(CNC(=O)c3cc4c([nH]3)CCNC43CCCCCCCCCC3)cc2)cc1. The zero-order valence-electron chi connectivity index (χ0n) is 24.8. The predicted octanol–water partition coefficient (Wildman–Crippen LogP) is 6.82. The number of carbonyl (C=O) groups excluding carboxylic acids is 1. The zero-order chi connectivity index (χ0) is 29.4. The molecule has 0 saturated heterocycles. The van der Waals surface area contributed by atoms with E-state index in [1.165, 1.54) is 62.6 Å². The van der Waals surface area contributed by atoms with Crippen LogP contribution in [0.15, 0.2) is 64.4 Å². The van der Waals surface area contributed by atoms with E-state index >= 15 is 0 Å². The van der Waals surface area contributed by atoms with Gasteiger partial charge in [0.05, 0.1) is 16.4 Å². The van der Waals surface area contributed by atoms with Gasteiger partial charge in [0.1, 0.15) is 11.4 Å². The summed E-state index contributed by atoms with van der Waals surface area (Å²) < 4.78 is 31.8. The molecule has 1 aliphatic heterocycles. The van der Waals surface area contributed by atoms with Crippen molar-refractivity contribution in [2.24, 2.45) is 0 Å². The third-order valence-corrected chi connectivity index (χ3v) is 10.5. The highest BCUT2D eigenvalue weighted by Crippen LogP contribution is 2.39. The number of hydrogen-bond donors (Lipinski definition) is 3. The van der Waals surface area contributed by atoms with Crippen molar-refractivity contribution in [3.63, 3.8) is 0 Å². The van der Waals surface area contributed by atoms with Crippen LogP contribution in [0.3, 0.4) is 0 Å². The molecule has 42 heavy (non-hydrogen) atoms. The molecule has 2 aromatic carbocycles. The Bertz CT molecular complexity index is 1420. The zero-order valence-corrected chi connectivity index (χ0v) is 25.7. The quantitative estimate of drug-likeness (QED) is 0.267. The topological polar surface area (TPSA) is 100 Å². The van der Waals surface area contributed by atoms with Crippen molar-refractivity contribution in [1.29, 1.82) is 0 Å². The van der Waals surface area contributed by atoms with Crippen molar-refractivity contribution in [2.75, 3.05) is 13.2 Å². The van der Waals surface area contributed by atoms with Crippen molar-refractivity contribution in [3.8, 4) is 5.75 Å². The van der Waals surface area contributed by atoms with Crippen LogP contribution < -0.4 is 15.4 Å². The van der Waals surface area contributed by atoms with E-state index < -0.39 is 9.84 Å². The predicted molar refractivity (Wildman–Crippen MR) is 166 cm³/mol. The average Bonchev–Trinajstić information content (AvgIpc) is 3.44. The fraction of sp³-hybridized carbons (Fsp3) is 0.500. The van der Waals surface area contributed by atoms with Crippen molar-refractivity contribution in [3.05, 3.63) is 77.1 Å². The molecule has 0 atom stereocenters. The summed E-state index contributed by atoms with van der Waals surface area (Å²) in [6, 6.07) is 15.3. The standard InChI is InChI=1S/C34H45N3O4S/c1-2-23-41-27-13-17-29(18-14-27)42(39,40)28-15-11-26(12-16-28)25-35-33(38)32-24-30-31(37-32)19-22-36-34(30)20-9-7-5-3-4-6-8-10-21-34/h11-18,24,36-37H,2-10,19-23,25H2,1H3,(H,35,38).